The van der Waals surface area contributed by atoms with Crippen LogP contribution in [0.2, 0.25) is 0 Å². The van der Waals surface area contributed by atoms with Crippen LogP contribution in [0, 0.1) is 5.82 Å². The number of pyridine rings is 2. The lowest BCUT2D eigenvalue weighted by Crippen LogP contribution is -2.24. The van der Waals surface area contributed by atoms with Crippen LogP contribution in [0.25, 0.3) is 22.3 Å². The first-order valence-corrected chi connectivity index (χ1v) is 13.8. The average molecular weight is 602 g/mol. The molecule has 3 N–H and O–H groups in total. The largest absolute Gasteiger partial charge is 0.478 e. The molecule has 0 radical (unpaired) electrons. The molecule has 228 valence electrons. The number of carbonyl (C=O) groups excluding carboxylic acids is 1. The predicted octanol–water partition coefficient (Wildman–Crippen LogP) is 4.50. The summed E-state index contributed by atoms with van der Waals surface area (Å²) in [7, 11) is 1.57. The van der Waals surface area contributed by atoms with Crippen molar-refractivity contribution >= 4 is 22.9 Å². The zero-order chi connectivity index (χ0) is 31.8. The van der Waals surface area contributed by atoms with Crippen molar-refractivity contribution < 1.29 is 28.6 Å². The molecule has 0 unspecified atom stereocenters. The van der Waals surface area contributed by atoms with E-state index < -0.39 is 23.3 Å². The quantitative estimate of drug-likeness (QED) is 0.225. The van der Waals surface area contributed by atoms with Crippen LogP contribution in [-0.2, 0) is 24.4 Å². The molecule has 1 amide bonds. The van der Waals surface area contributed by atoms with E-state index in [-0.39, 0.29) is 30.2 Å². The number of fused-ring (bicyclic) bond motifs is 1. The second-order valence-corrected chi connectivity index (χ2v) is 9.39. The maximum Gasteiger partial charge on any atom is 0.335 e. The number of hydrogen-bond donors (Lipinski definition) is 2. The zero-order valence-corrected chi connectivity index (χ0v) is 24.5. The molecule has 0 aliphatic rings. The van der Waals surface area contributed by atoms with Crippen molar-refractivity contribution in [3.63, 3.8) is 0 Å². The van der Waals surface area contributed by atoms with Gasteiger partial charge in [-0.2, -0.15) is 0 Å². The molecule has 0 aliphatic heterocycles. The van der Waals surface area contributed by atoms with Gasteiger partial charge in [-0.1, -0.05) is 32.0 Å². The second kappa shape index (κ2) is 14.2. The number of primary amides is 1. The number of nitrogens with zero attached hydrogens (tertiary/aromatic N) is 4. The first-order chi connectivity index (χ1) is 21.2. The lowest BCUT2D eigenvalue weighted by molar-refractivity contribution is 0.0696. The van der Waals surface area contributed by atoms with Crippen molar-refractivity contribution in [2.75, 3.05) is 13.7 Å². The van der Waals surface area contributed by atoms with E-state index >= 15 is 4.39 Å². The number of benzene rings is 2. The van der Waals surface area contributed by atoms with Crippen molar-refractivity contribution in [1.82, 2.24) is 19.1 Å². The van der Waals surface area contributed by atoms with E-state index in [1.54, 1.807) is 49.6 Å². The van der Waals surface area contributed by atoms with Gasteiger partial charge in [0.15, 0.2) is 6.73 Å². The first-order valence-electron chi connectivity index (χ1n) is 13.8. The van der Waals surface area contributed by atoms with Crippen LogP contribution < -0.4 is 16.0 Å². The molecule has 0 saturated carbocycles. The lowest BCUT2D eigenvalue weighted by Gasteiger charge is -2.11. The number of carbonyl (C=O) groups is 2. The summed E-state index contributed by atoms with van der Waals surface area (Å²) < 4.78 is 29.3. The van der Waals surface area contributed by atoms with Crippen molar-refractivity contribution in [2.24, 2.45) is 5.73 Å². The van der Waals surface area contributed by atoms with Gasteiger partial charge in [-0.25, -0.2) is 19.2 Å². The third-order valence-electron chi connectivity index (χ3n) is 6.65. The fraction of sp³-hybridized carbons (Fsp3) is 0.219. The summed E-state index contributed by atoms with van der Waals surface area (Å²) >= 11 is 0. The Bertz CT molecular complexity index is 1870. The van der Waals surface area contributed by atoms with E-state index in [4.69, 9.17) is 15.2 Å². The van der Waals surface area contributed by atoms with Crippen LogP contribution in [0.5, 0.6) is 5.88 Å². The van der Waals surface area contributed by atoms with Gasteiger partial charge in [0.05, 0.1) is 28.9 Å². The van der Waals surface area contributed by atoms with Crippen molar-refractivity contribution in [3.05, 3.63) is 112 Å². The Morgan fingerprint density at radius 3 is 2.48 bits per heavy atom. The van der Waals surface area contributed by atoms with E-state index in [1.165, 1.54) is 29.0 Å². The Hall–Kier alpha value is -5.36. The van der Waals surface area contributed by atoms with Gasteiger partial charge in [-0.05, 0) is 42.0 Å². The Labute approximate surface area is 252 Å². The van der Waals surface area contributed by atoms with E-state index in [0.29, 0.717) is 46.8 Å². The second-order valence-electron chi connectivity index (χ2n) is 9.39. The monoisotopic (exact) mass is 601 g/mol. The van der Waals surface area contributed by atoms with Crippen molar-refractivity contribution in [1.29, 1.82) is 0 Å². The number of aromatic carboxylic acids is 1. The van der Waals surface area contributed by atoms with Crippen LogP contribution >= 0.6 is 0 Å². The minimum Gasteiger partial charge on any atom is -0.478 e. The number of carboxylic acids is 1. The summed E-state index contributed by atoms with van der Waals surface area (Å²) in [5.74, 6) is -1.42. The van der Waals surface area contributed by atoms with Crippen molar-refractivity contribution in [3.8, 4) is 17.1 Å². The summed E-state index contributed by atoms with van der Waals surface area (Å²) in [6, 6.07) is 17.0. The third-order valence-corrected chi connectivity index (χ3v) is 6.65. The third kappa shape index (κ3) is 7.16. The molecule has 5 rings (SSSR count). The van der Waals surface area contributed by atoms with Gasteiger partial charge in [-0.15, -0.1) is 0 Å². The molecule has 0 saturated heterocycles. The number of aromatic nitrogens is 4. The number of amides is 1. The molecule has 2 aromatic carbocycles. The summed E-state index contributed by atoms with van der Waals surface area (Å²) in [4.78, 5) is 44.0. The standard InChI is InChI=1S/C30H26FN5O6.C2H6/c1-41-12-11-36-25-14-21(30(39)40)7-8-24(25)33-26(36)15-18-5-6-19(13-22(18)31)23-3-2-4-27(34-23)42-17-35-10-9-20(29(32)38)16-28(35)37;1-2/h2-10,13-14,16H,11-12,15,17H2,1H3,(H2,32,38)(H,39,40);1-2H3. The SMILES string of the molecule is CC.COCCn1c(Cc2ccc(-c3cccc(OCn4ccc(C(N)=O)cc4=O)n3)cc2F)nc2ccc(C(=O)O)cc21. The van der Waals surface area contributed by atoms with Crippen LogP contribution in [0.15, 0.2) is 77.7 Å². The number of rotatable bonds is 11. The van der Waals surface area contributed by atoms with Crippen LogP contribution in [-0.4, -0.2) is 49.8 Å². The lowest BCUT2D eigenvalue weighted by atomic mass is 10.1. The average Bonchev–Trinajstić information content (AvgIpc) is 3.37. The normalized spacial score (nSPS) is 10.7. The molecule has 0 aliphatic carbocycles. The number of hydrogen-bond acceptors (Lipinski definition) is 7. The fourth-order valence-corrected chi connectivity index (χ4v) is 4.45. The maximum absolute atomic E-state index is 15.4. The highest BCUT2D eigenvalue weighted by atomic mass is 19.1. The van der Waals surface area contributed by atoms with Crippen LogP contribution in [0.4, 0.5) is 4.39 Å². The Morgan fingerprint density at radius 2 is 1.80 bits per heavy atom. The number of imidazole rings is 1. The molecular weight excluding hydrogens is 569 g/mol. The number of halogens is 1. The van der Waals surface area contributed by atoms with E-state index in [2.05, 4.69) is 9.97 Å². The smallest absolute Gasteiger partial charge is 0.335 e. The molecule has 0 bridgehead atoms. The molecule has 12 heteroatoms. The minimum atomic E-state index is -1.05. The highest BCUT2D eigenvalue weighted by Gasteiger charge is 2.16. The Balaban J connectivity index is 0.00000216. The molecule has 0 atom stereocenters. The minimum absolute atomic E-state index is 0.0985. The Morgan fingerprint density at radius 1 is 1.00 bits per heavy atom. The highest BCUT2D eigenvalue weighted by Crippen LogP contribution is 2.25. The number of ether oxygens (including phenoxy) is 2. The molecule has 3 heterocycles. The summed E-state index contributed by atoms with van der Waals surface area (Å²) in [6.07, 6.45) is 1.57. The molecule has 0 fully saturated rings. The van der Waals surface area contributed by atoms with Crippen LogP contribution in [0.1, 0.15) is 46.0 Å². The zero-order valence-electron chi connectivity index (χ0n) is 24.5. The fourth-order valence-electron chi connectivity index (χ4n) is 4.45. The topological polar surface area (TPSA) is 152 Å². The van der Waals surface area contributed by atoms with Gasteiger partial charge >= 0.3 is 5.97 Å². The van der Waals surface area contributed by atoms with Gasteiger partial charge in [0.2, 0.25) is 11.8 Å². The number of methoxy groups -OCH3 is 1. The van der Waals surface area contributed by atoms with Crippen molar-refractivity contribution in [2.45, 2.75) is 33.5 Å². The van der Waals surface area contributed by atoms with Gasteiger partial charge in [-0.3, -0.25) is 14.2 Å². The molecule has 44 heavy (non-hydrogen) atoms. The molecule has 11 nitrogen and oxygen atoms in total. The number of carboxylic acid groups (broad SMARTS) is 1. The van der Waals surface area contributed by atoms with Gasteiger partial charge in [0.25, 0.3) is 5.56 Å². The van der Waals surface area contributed by atoms with E-state index in [0.717, 1.165) is 6.07 Å². The molecule has 5 aromatic rings. The van der Waals surface area contributed by atoms with Gasteiger partial charge in [0, 0.05) is 49.5 Å². The summed E-state index contributed by atoms with van der Waals surface area (Å²) in [5.41, 5.74) is 7.59. The number of nitrogens with two attached hydrogens (primary N) is 1. The van der Waals surface area contributed by atoms with Gasteiger partial charge < -0.3 is 24.9 Å². The van der Waals surface area contributed by atoms with E-state index in [9.17, 15) is 19.5 Å². The highest BCUT2D eigenvalue weighted by molar-refractivity contribution is 5.93. The summed E-state index contributed by atoms with van der Waals surface area (Å²) in [5, 5.41) is 9.40. The predicted molar refractivity (Wildman–Crippen MR) is 162 cm³/mol. The molecule has 0 spiro atoms. The van der Waals surface area contributed by atoms with E-state index in [1.807, 2.05) is 18.4 Å². The molecule has 3 aromatic heterocycles. The van der Waals surface area contributed by atoms with Gasteiger partial charge in [0.1, 0.15) is 11.6 Å². The Kier molecular flexibility index (Phi) is 10.2. The van der Waals surface area contributed by atoms with Crippen LogP contribution in [0.3, 0.4) is 0 Å². The maximum atomic E-state index is 15.4. The summed E-state index contributed by atoms with van der Waals surface area (Å²) in [6.45, 7) is 4.64. The molecular formula is C32H32FN5O6. The first kappa shape index (κ1) is 31.6.